The zero-order valence-corrected chi connectivity index (χ0v) is 17.3. The normalized spacial score (nSPS) is 14.0. The van der Waals surface area contributed by atoms with Crippen molar-refractivity contribution in [3.05, 3.63) is 108 Å². The van der Waals surface area contributed by atoms with Crippen molar-refractivity contribution in [2.45, 2.75) is 29.4 Å². The third kappa shape index (κ3) is 5.96. The molecule has 150 valence electrons. The Labute approximate surface area is 176 Å². The SMILES string of the molecule is COC(=O)C[C@@H](c1ccccc1)[C@H](SCc1ccccc1)[C@H](O)c1ccccc1. The standard InChI is InChI=1S/C25H26O3S/c1-28-23(26)17-22(20-13-7-3-8-14-20)25(24(27)21-15-9-4-10-16-21)29-18-19-11-5-2-6-12-19/h2-16,22,24-25,27H,17-18H2,1H3/t22-,24+,25-/m0/s1. The van der Waals surface area contributed by atoms with E-state index in [1.54, 1.807) is 11.8 Å². The van der Waals surface area contributed by atoms with Crippen LogP contribution in [0, 0.1) is 0 Å². The molecule has 29 heavy (non-hydrogen) atoms. The lowest BCUT2D eigenvalue weighted by molar-refractivity contribution is -0.141. The van der Waals surface area contributed by atoms with Crippen LogP contribution in [0.2, 0.25) is 0 Å². The smallest absolute Gasteiger partial charge is 0.306 e. The highest BCUT2D eigenvalue weighted by atomic mass is 32.2. The molecule has 0 spiro atoms. The first kappa shape index (κ1) is 21.2. The second kappa shape index (κ2) is 10.8. The quantitative estimate of drug-likeness (QED) is 0.485. The zero-order valence-electron chi connectivity index (χ0n) is 16.5. The average Bonchev–Trinajstić information content (AvgIpc) is 2.80. The minimum Gasteiger partial charge on any atom is -0.469 e. The summed E-state index contributed by atoms with van der Waals surface area (Å²) in [6.07, 6.45) is -0.489. The molecule has 3 nitrogen and oxygen atoms in total. The number of thioether (sulfide) groups is 1. The molecule has 0 radical (unpaired) electrons. The molecule has 0 aliphatic carbocycles. The molecule has 0 aliphatic rings. The second-order valence-electron chi connectivity index (χ2n) is 6.91. The summed E-state index contributed by atoms with van der Waals surface area (Å²) in [7, 11) is 1.41. The summed E-state index contributed by atoms with van der Waals surface area (Å²) in [5, 5.41) is 11.1. The van der Waals surface area contributed by atoms with E-state index >= 15 is 0 Å². The van der Waals surface area contributed by atoms with Crippen molar-refractivity contribution in [2.75, 3.05) is 7.11 Å². The summed E-state index contributed by atoms with van der Waals surface area (Å²) >= 11 is 1.68. The molecule has 0 bridgehead atoms. The highest BCUT2D eigenvalue weighted by Crippen LogP contribution is 2.41. The number of ether oxygens (including phenoxy) is 1. The van der Waals surface area contributed by atoms with Gasteiger partial charge in [-0.15, -0.1) is 0 Å². The third-order valence-corrected chi connectivity index (χ3v) is 6.45. The van der Waals surface area contributed by atoms with E-state index in [1.807, 2.05) is 78.9 Å². The van der Waals surface area contributed by atoms with Gasteiger partial charge in [0, 0.05) is 16.9 Å². The molecular weight excluding hydrogens is 380 g/mol. The number of benzene rings is 3. The highest BCUT2D eigenvalue weighted by Gasteiger charge is 2.33. The predicted octanol–water partition coefficient (Wildman–Crippen LogP) is 5.37. The number of carbonyl (C=O) groups is 1. The van der Waals surface area contributed by atoms with Crippen LogP contribution in [0.1, 0.15) is 35.1 Å². The van der Waals surface area contributed by atoms with Crippen LogP contribution in [0.4, 0.5) is 0 Å². The molecule has 3 rings (SSSR count). The number of methoxy groups -OCH3 is 1. The minimum absolute atomic E-state index is 0.174. The van der Waals surface area contributed by atoms with Crippen molar-refractivity contribution in [1.29, 1.82) is 0 Å². The number of hydrogen-bond acceptors (Lipinski definition) is 4. The van der Waals surface area contributed by atoms with Gasteiger partial charge in [-0.3, -0.25) is 4.79 Å². The number of carbonyl (C=O) groups excluding carboxylic acids is 1. The fourth-order valence-electron chi connectivity index (χ4n) is 3.42. The van der Waals surface area contributed by atoms with Crippen molar-refractivity contribution >= 4 is 17.7 Å². The molecule has 3 atom stereocenters. The van der Waals surface area contributed by atoms with Crippen LogP contribution in [0.3, 0.4) is 0 Å². The summed E-state index contributed by atoms with van der Waals surface area (Å²) in [6, 6.07) is 29.8. The molecule has 3 aromatic rings. The van der Waals surface area contributed by atoms with Gasteiger partial charge in [-0.05, 0) is 16.7 Å². The maximum atomic E-state index is 12.2. The van der Waals surface area contributed by atoms with Gasteiger partial charge in [-0.25, -0.2) is 0 Å². The summed E-state index contributed by atoms with van der Waals surface area (Å²) in [5.74, 6) is 0.303. The third-order valence-electron chi connectivity index (χ3n) is 4.98. The number of esters is 1. The molecule has 0 unspecified atom stereocenters. The molecular formula is C25H26O3S. The topological polar surface area (TPSA) is 46.5 Å². The van der Waals surface area contributed by atoms with Gasteiger partial charge in [0.25, 0.3) is 0 Å². The number of rotatable bonds is 9. The van der Waals surface area contributed by atoms with E-state index < -0.39 is 6.10 Å². The van der Waals surface area contributed by atoms with Crippen LogP contribution in [0.25, 0.3) is 0 Å². The zero-order chi connectivity index (χ0) is 20.5. The van der Waals surface area contributed by atoms with Crippen LogP contribution >= 0.6 is 11.8 Å². The molecule has 0 saturated carbocycles. The molecule has 0 aliphatic heterocycles. The van der Waals surface area contributed by atoms with E-state index in [9.17, 15) is 9.90 Å². The Hall–Kier alpha value is -2.56. The summed E-state index contributed by atoms with van der Waals surface area (Å²) < 4.78 is 4.97. The largest absolute Gasteiger partial charge is 0.469 e. The van der Waals surface area contributed by atoms with E-state index in [-0.39, 0.29) is 23.6 Å². The predicted molar refractivity (Wildman–Crippen MR) is 119 cm³/mol. The number of aliphatic hydroxyl groups is 1. The maximum absolute atomic E-state index is 12.2. The van der Waals surface area contributed by atoms with Gasteiger partial charge >= 0.3 is 5.97 Å². The number of aliphatic hydroxyl groups excluding tert-OH is 1. The van der Waals surface area contributed by atoms with Crippen LogP contribution < -0.4 is 0 Å². The molecule has 0 heterocycles. The van der Waals surface area contributed by atoms with Crippen LogP contribution in [-0.4, -0.2) is 23.4 Å². The first-order chi connectivity index (χ1) is 14.2. The van der Waals surface area contributed by atoms with Crippen molar-refractivity contribution in [3.8, 4) is 0 Å². The van der Waals surface area contributed by atoms with Crippen LogP contribution in [0.15, 0.2) is 91.0 Å². The molecule has 1 N–H and O–H groups in total. The van der Waals surface area contributed by atoms with E-state index in [0.717, 1.165) is 16.9 Å². The minimum atomic E-state index is -0.709. The Bertz CT molecular complexity index is 868. The summed E-state index contributed by atoms with van der Waals surface area (Å²) in [4.78, 5) is 12.2. The number of hydrogen-bond donors (Lipinski definition) is 1. The van der Waals surface area contributed by atoms with Crippen molar-refractivity contribution in [1.82, 2.24) is 0 Å². The fourth-order valence-corrected chi connectivity index (χ4v) is 4.82. The molecule has 0 fully saturated rings. The highest BCUT2D eigenvalue weighted by molar-refractivity contribution is 7.99. The first-order valence-electron chi connectivity index (χ1n) is 9.69. The Morgan fingerprint density at radius 3 is 1.93 bits per heavy atom. The Morgan fingerprint density at radius 1 is 0.862 bits per heavy atom. The van der Waals surface area contributed by atoms with Crippen molar-refractivity contribution < 1.29 is 14.6 Å². The Balaban J connectivity index is 1.94. The maximum Gasteiger partial charge on any atom is 0.306 e. The van der Waals surface area contributed by atoms with Gasteiger partial charge in [0.1, 0.15) is 0 Å². The van der Waals surface area contributed by atoms with Gasteiger partial charge in [0.05, 0.1) is 19.6 Å². The average molecular weight is 407 g/mol. The Kier molecular flexibility index (Phi) is 7.91. The molecule has 0 saturated heterocycles. The summed E-state index contributed by atoms with van der Waals surface area (Å²) in [6.45, 7) is 0. The van der Waals surface area contributed by atoms with Crippen LogP contribution in [-0.2, 0) is 15.3 Å². The second-order valence-corrected chi connectivity index (χ2v) is 8.08. The fraction of sp³-hybridized carbons (Fsp3) is 0.240. The molecule has 0 amide bonds. The van der Waals surface area contributed by atoms with Gasteiger partial charge in [0.2, 0.25) is 0 Å². The Morgan fingerprint density at radius 2 is 1.38 bits per heavy atom. The van der Waals surface area contributed by atoms with E-state index in [1.165, 1.54) is 12.7 Å². The first-order valence-corrected chi connectivity index (χ1v) is 10.7. The lowest BCUT2D eigenvalue weighted by Crippen LogP contribution is -2.26. The van der Waals surface area contributed by atoms with Gasteiger partial charge in [0.15, 0.2) is 0 Å². The lowest BCUT2D eigenvalue weighted by Gasteiger charge is -2.31. The van der Waals surface area contributed by atoms with Crippen molar-refractivity contribution in [2.24, 2.45) is 0 Å². The van der Waals surface area contributed by atoms with E-state index in [2.05, 4.69) is 12.1 Å². The van der Waals surface area contributed by atoms with Crippen LogP contribution in [0.5, 0.6) is 0 Å². The van der Waals surface area contributed by atoms with Crippen molar-refractivity contribution in [3.63, 3.8) is 0 Å². The molecule has 3 aromatic carbocycles. The van der Waals surface area contributed by atoms with E-state index in [4.69, 9.17) is 4.74 Å². The van der Waals surface area contributed by atoms with Gasteiger partial charge in [-0.1, -0.05) is 91.0 Å². The lowest BCUT2D eigenvalue weighted by atomic mass is 9.87. The summed E-state index contributed by atoms with van der Waals surface area (Å²) in [5.41, 5.74) is 3.06. The molecule has 4 heteroatoms. The van der Waals surface area contributed by atoms with Gasteiger partial charge in [-0.2, -0.15) is 11.8 Å². The monoisotopic (exact) mass is 406 g/mol. The van der Waals surface area contributed by atoms with Gasteiger partial charge < -0.3 is 9.84 Å². The molecule has 0 aromatic heterocycles. The van der Waals surface area contributed by atoms with E-state index in [0.29, 0.717) is 0 Å².